The lowest BCUT2D eigenvalue weighted by Gasteiger charge is -2.10. The Balaban J connectivity index is 1.29. The highest BCUT2D eigenvalue weighted by molar-refractivity contribution is 7.99. The molecule has 0 atom stereocenters. The van der Waals surface area contributed by atoms with Gasteiger partial charge in [0.05, 0.1) is 16.7 Å². The highest BCUT2D eigenvalue weighted by Gasteiger charge is 2.28. The van der Waals surface area contributed by atoms with E-state index in [1.807, 2.05) is 18.2 Å². The molecule has 0 saturated heterocycles. The second-order valence-electron chi connectivity index (χ2n) is 7.27. The van der Waals surface area contributed by atoms with Crippen LogP contribution < -0.4 is 15.6 Å². The van der Waals surface area contributed by atoms with Crippen molar-refractivity contribution >= 4 is 33.6 Å². The molecule has 1 aliphatic carbocycles. The van der Waals surface area contributed by atoms with E-state index < -0.39 is 21.8 Å². The SMILES string of the molecule is O=C(CSc1nnnn1C1CC1)NNC(=O)c1cccc(S(=O)(=O)NCc2ccccc2)c1. The Hall–Kier alpha value is -3.29. The molecule has 33 heavy (non-hydrogen) atoms. The van der Waals surface area contributed by atoms with Gasteiger partial charge in [-0.05, 0) is 47.0 Å². The molecule has 2 aromatic carbocycles. The van der Waals surface area contributed by atoms with Crippen molar-refractivity contribution in [3.63, 3.8) is 0 Å². The van der Waals surface area contributed by atoms with E-state index in [1.54, 1.807) is 16.8 Å². The summed E-state index contributed by atoms with van der Waals surface area (Å²) >= 11 is 1.16. The van der Waals surface area contributed by atoms with Gasteiger partial charge in [0, 0.05) is 12.1 Å². The zero-order valence-corrected chi connectivity index (χ0v) is 19.0. The Labute approximate surface area is 194 Å². The van der Waals surface area contributed by atoms with Crippen molar-refractivity contribution in [3.8, 4) is 0 Å². The number of benzene rings is 2. The fourth-order valence-corrected chi connectivity index (χ4v) is 4.66. The Morgan fingerprint density at radius 1 is 1.06 bits per heavy atom. The van der Waals surface area contributed by atoms with Gasteiger partial charge in [-0.3, -0.25) is 20.4 Å². The van der Waals surface area contributed by atoms with Crippen molar-refractivity contribution in [3.05, 3.63) is 65.7 Å². The molecule has 1 heterocycles. The molecule has 0 spiro atoms. The second kappa shape index (κ2) is 10.1. The number of nitrogens with one attached hydrogen (secondary N) is 3. The van der Waals surface area contributed by atoms with Crippen LogP contribution in [-0.2, 0) is 21.4 Å². The van der Waals surface area contributed by atoms with Gasteiger partial charge in [0.25, 0.3) is 5.91 Å². The third-order valence-electron chi connectivity index (χ3n) is 4.72. The average molecular weight is 488 g/mol. The van der Waals surface area contributed by atoms with E-state index in [0.717, 1.165) is 30.2 Å². The van der Waals surface area contributed by atoms with Gasteiger partial charge in [-0.2, -0.15) is 0 Å². The topological polar surface area (TPSA) is 148 Å². The van der Waals surface area contributed by atoms with E-state index in [1.165, 1.54) is 24.3 Å². The molecule has 4 rings (SSSR count). The zero-order chi connectivity index (χ0) is 23.3. The number of carbonyl (C=O) groups is 2. The smallest absolute Gasteiger partial charge is 0.269 e. The first-order chi connectivity index (χ1) is 15.9. The number of tetrazole rings is 1. The highest BCUT2D eigenvalue weighted by atomic mass is 32.2. The first-order valence-electron chi connectivity index (χ1n) is 10.1. The molecule has 0 aliphatic heterocycles. The predicted octanol–water partition coefficient (Wildman–Crippen LogP) is 1.04. The zero-order valence-electron chi connectivity index (χ0n) is 17.3. The van der Waals surface area contributed by atoms with Crippen LogP contribution >= 0.6 is 11.8 Å². The van der Waals surface area contributed by atoms with Crippen LogP contribution in [0, 0.1) is 0 Å². The number of amides is 2. The Morgan fingerprint density at radius 2 is 1.85 bits per heavy atom. The number of nitrogens with zero attached hydrogens (tertiary/aromatic N) is 4. The normalized spacial score (nSPS) is 13.5. The summed E-state index contributed by atoms with van der Waals surface area (Å²) in [6.45, 7) is 0.122. The number of thioether (sulfide) groups is 1. The number of hydrazine groups is 1. The Morgan fingerprint density at radius 3 is 2.61 bits per heavy atom. The third-order valence-corrected chi connectivity index (χ3v) is 7.05. The van der Waals surface area contributed by atoms with Crippen molar-refractivity contribution in [2.45, 2.75) is 35.5 Å². The van der Waals surface area contributed by atoms with E-state index in [-0.39, 0.29) is 28.8 Å². The van der Waals surface area contributed by atoms with Crippen LogP contribution in [0.2, 0.25) is 0 Å². The van der Waals surface area contributed by atoms with Crippen LogP contribution in [0.4, 0.5) is 0 Å². The number of rotatable bonds is 9. The molecule has 1 saturated carbocycles. The summed E-state index contributed by atoms with van der Waals surface area (Å²) in [5.74, 6) is -1.09. The number of hydrogen-bond acceptors (Lipinski definition) is 8. The lowest BCUT2D eigenvalue weighted by molar-refractivity contribution is -0.119. The predicted molar refractivity (Wildman–Crippen MR) is 119 cm³/mol. The molecule has 0 unspecified atom stereocenters. The summed E-state index contributed by atoms with van der Waals surface area (Å²) in [6, 6.07) is 14.9. The monoisotopic (exact) mass is 487 g/mol. The van der Waals surface area contributed by atoms with Crippen molar-refractivity contribution in [1.82, 2.24) is 35.8 Å². The highest BCUT2D eigenvalue weighted by Crippen LogP contribution is 2.36. The molecular formula is C20H21N7O4S2. The lowest BCUT2D eigenvalue weighted by Crippen LogP contribution is -2.42. The molecular weight excluding hydrogens is 466 g/mol. The molecule has 1 fully saturated rings. The van der Waals surface area contributed by atoms with Crippen LogP contribution in [0.25, 0.3) is 0 Å². The van der Waals surface area contributed by atoms with E-state index in [4.69, 9.17) is 0 Å². The van der Waals surface area contributed by atoms with E-state index in [0.29, 0.717) is 5.16 Å². The summed E-state index contributed by atoms with van der Waals surface area (Å²) in [7, 11) is -3.83. The largest absolute Gasteiger partial charge is 0.272 e. The van der Waals surface area contributed by atoms with Gasteiger partial charge in [0.15, 0.2) is 0 Å². The standard InChI is InChI=1S/C20H21N7O4S2/c28-18(13-32-20-24-25-26-27(20)16-9-10-16)22-23-19(29)15-7-4-8-17(11-15)33(30,31)21-12-14-5-2-1-3-6-14/h1-8,11,16,21H,9-10,12-13H2,(H,22,28)(H,23,29). The van der Waals surface area contributed by atoms with Crippen LogP contribution in [0.3, 0.4) is 0 Å². The molecule has 1 aliphatic rings. The van der Waals surface area contributed by atoms with Gasteiger partial charge in [0.2, 0.25) is 21.1 Å². The maximum atomic E-state index is 12.6. The molecule has 0 bridgehead atoms. The van der Waals surface area contributed by atoms with Crippen molar-refractivity contribution in [2.75, 3.05) is 5.75 Å². The first kappa shape index (κ1) is 22.9. The fraction of sp³-hybridized carbons (Fsp3) is 0.250. The quantitative estimate of drug-likeness (QED) is 0.300. The maximum absolute atomic E-state index is 12.6. The van der Waals surface area contributed by atoms with Crippen LogP contribution in [0.1, 0.15) is 34.8 Å². The number of aromatic nitrogens is 4. The minimum Gasteiger partial charge on any atom is -0.272 e. The van der Waals surface area contributed by atoms with Crippen LogP contribution in [-0.4, -0.2) is 46.2 Å². The summed E-state index contributed by atoms with van der Waals surface area (Å²) in [5, 5.41) is 12.0. The molecule has 3 N–H and O–H groups in total. The van der Waals surface area contributed by atoms with Gasteiger partial charge in [0.1, 0.15) is 0 Å². The van der Waals surface area contributed by atoms with Gasteiger partial charge >= 0.3 is 0 Å². The van der Waals surface area contributed by atoms with Gasteiger partial charge in [-0.25, -0.2) is 17.8 Å². The van der Waals surface area contributed by atoms with Crippen molar-refractivity contribution in [2.24, 2.45) is 0 Å². The molecule has 2 amide bonds. The van der Waals surface area contributed by atoms with Gasteiger partial charge in [-0.1, -0.05) is 48.2 Å². The summed E-state index contributed by atoms with van der Waals surface area (Å²) in [5.41, 5.74) is 5.49. The average Bonchev–Trinajstić information content (AvgIpc) is 3.58. The third kappa shape index (κ3) is 6.15. The minimum atomic E-state index is -3.83. The summed E-state index contributed by atoms with van der Waals surface area (Å²) < 4.78 is 29.4. The molecule has 11 nitrogen and oxygen atoms in total. The number of hydrogen-bond donors (Lipinski definition) is 3. The molecule has 3 aromatic rings. The van der Waals surface area contributed by atoms with Crippen LogP contribution in [0.5, 0.6) is 0 Å². The molecule has 172 valence electrons. The molecule has 1 aromatic heterocycles. The van der Waals surface area contributed by atoms with Crippen LogP contribution in [0.15, 0.2) is 64.6 Å². The van der Waals surface area contributed by atoms with E-state index in [9.17, 15) is 18.0 Å². The second-order valence-corrected chi connectivity index (χ2v) is 9.98. The lowest BCUT2D eigenvalue weighted by atomic mass is 10.2. The van der Waals surface area contributed by atoms with Crippen molar-refractivity contribution < 1.29 is 18.0 Å². The van der Waals surface area contributed by atoms with E-state index in [2.05, 4.69) is 31.1 Å². The number of sulfonamides is 1. The molecule has 13 heteroatoms. The number of carbonyl (C=O) groups excluding carboxylic acids is 2. The maximum Gasteiger partial charge on any atom is 0.269 e. The van der Waals surface area contributed by atoms with Gasteiger partial charge < -0.3 is 0 Å². The summed E-state index contributed by atoms with van der Waals surface area (Å²) in [4.78, 5) is 24.4. The fourth-order valence-electron chi connectivity index (χ4n) is 2.86. The minimum absolute atomic E-state index is 0.00516. The molecule has 0 radical (unpaired) electrons. The Bertz CT molecular complexity index is 1240. The van der Waals surface area contributed by atoms with E-state index >= 15 is 0 Å². The Kier molecular flexibility index (Phi) is 7.01. The summed E-state index contributed by atoms with van der Waals surface area (Å²) in [6.07, 6.45) is 2.02. The van der Waals surface area contributed by atoms with Crippen molar-refractivity contribution in [1.29, 1.82) is 0 Å². The first-order valence-corrected chi connectivity index (χ1v) is 12.5. The van der Waals surface area contributed by atoms with Gasteiger partial charge in [-0.15, -0.1) is 5.10 Å².